The van der Waals surface area contributed by atoms with Crippen molar-refractivity contribution in [3.8, 4) is 0 Å². The van der Waals surface area contributed by atoms with Crippen molar-refractivity contribution in [2.75, 3.05) is 39.3 Å². The molecule has 0 bridgehead atoms. The molecule has 174 valence electrons. The number of imide groups is 1. The van der Waals surface area contributed by atoms with Gasteiger partial charge in [0, 0.05) is 38.8 Å². The fourth-order valence-corrected chi connectivity index (χ4v) is 3.47. The predicted molar refractivity (Wildman–Crippen MR) is 119 cm³/mol. The Kier molecular flexibility index (Phi) is 10.1. The van der Waals surface area contributed by atoms with E-state index in [1.165, 1.54) is 9.80 Å². The van der Waals surface area contributed by atoms with Gasteiger partial charge in [-0.1, -0.05) is 6.92 Å². The van der Waals surface area contributed by atoms with Crippen LogP contribution in [0.3, 0.4) is 0 Å². The third-order valence-electron chi connectivity index (χ3n) is 5.22. The maximum atomic E-state index is 12.5. The molecule has 0 spiro atoms. The van der Waals surface area contributed by atoms with Crippen molar-refractivity contribution in [1.82, 2.24) is 25.8 Å². The van der Waals surface area contributed by atoms with Gasteiger partial charge in [0.15, 0.2) is 5.96 Å². The van der Waals surface area contributed by atoms with E-state index in [4.69, 9.17) is 0 Å². The van der Waals surface area contributed by atoms with E-state index in [-0.39, 0.29) is 48.5 Å². The highest BCUT2D eigenvalue weighted by Gasteiger charge is 2.45. The van der Waals surface area contributed by atoms with Gasteiger partial charge in [0.25, 0.3) is 5.91 Å². The zero-order valence-electron chi connectivity index (χ0n) is 17.6. The van der Waals surface area contributed by atoms with Crippen LogP contribution in [0.15, 0.2) is 4.99 Å². The van der Waals surface area contributed by atoms with E-state index in [0.717, 1.165) is 0 Å². The lowest BCUT2D eigenvalue weighted by Crippen LogP contribution is -2.45. The standard InChI is InChI=1S/C18H31F3N6O2.HI/c1-4-17(3)14(28)27(16(29)25-17)9-6-8-23-15(22-5-2)24-13-7-10-26(11-13)12-18(19,20)21;/h13H,4-12H2,1-3H3,(H,25,29)(H2,22,23,24);1H. The molecular weight excluding hydrogens is 516 g/mol. The molecule has 2 aliphatic rings. The first-order valence-electron chi connectivity index (χ1n) is 10.1. The van der Waals surface area contributed by atoms with Crippen LogP contribution in [-0.2, 0) is 4.79 Å². The van der Waals surface area contributed by atoms with E-state index < -0.39 is 18.3 Å². The molecule has 0 saturated carbocycles. The van der Waals surface area contributed by atoms with E-state index in [1.54, 1.807) is 6.92 Å². The maximum Gasteiger partial charge on any atom is 0.401 e. The number of nitrogens with zero attached hydrogens (tertiary/aromatic N) is 3. The SMILES string of the molecule is CCNC(=NCCCN1C(=O)NC(C)(CC)C1=O)NC1CCN(CC(F)(F)F)C1.I. The van der Waals surface area contributed by atoms with Crippen LogP contribution in [0.1, 0.15) is 40.0 Å². The summed E-state index contributed by atoms with van der Waals surface area (Å²) in [5.41, 5.74) is -0.846. The number of rotatable bonds is 8. The molecule has 2 atom stereocenters. The Hall–Kier alpha value is -1.31. The first-order valence-corrected chi connectivity index (χ1v) is 10.1. The summed E-state index contributed by atoms with van der Waals surface area (Å²) in [6.45, 7) is 6.53. The number of alkyl halides is 3. The smallest absolute Gasteiger partial charge is 0.357 e. The number of nitrogens with one attached hydrogen (secondary N) is 3. The summed E-state index contributed by atoms with van der Waals surface area (Å²) in [7, 11) is 0. The topological polar surface area (TPSA) is 89.1 Å². The Morgan fingerprint density at radius 3 is 2.60 bits per heavy atom. The minimum atomic E-state index is -4.19. The van der Waals surface area contributed by atoms with Crippen LogP contribution < -0.4 is 16.0 Å². The van der Waals surface area contributed by atoms with Gasteiger partial charge in [-0.25, -0.2) is 4.79 Å². The number of carbonyl (C=O) groups excluding carboxylic acids is 2. The highest BCUT2D eigenvalue weighted by atomic mass is 127. The molecule has 2 heterocycles. The van der Waals surface area contributed by atoms with Crippen molar-refractivity contribution < 1.29 is 22.8 Å². The zero-order chi connectivity index (χ0) is 21.7. The minimum Gasteiger partial charge on any atom is -0.357 e. The van der Waals surface area contributed by atoms with Crippen molar-refractivity contribution in [2.24, 2.45) is 4.99 Å². The van der Waals surface area contributed by atoms with Crippen LogP contribution in [0.4, 0.5) is 18.0 Å². The zero-order valence-corrected chi connectivity index (χ0v) is 20.0. The van der Waals surface area contributed by atoms with Gasteiger partial charge in [-0.3, -0.25) is 19.6 Å². The second-order valence-corrected chi connectivity index (χ2v) is 7.67. The molecule has 3 amide bonds. The number of hydrogen-bond acceptors (Lipinski definition) is 4. The number of likely N-dealkylation sites (tertiary alicyclic amines) is 1. The van der Waals surface area contributed by atoms with Crippen molar-refractivity contribution in [1.29, 1.82) is 0 Å². The van der Waals surface area contributed by atoms with Crippen LogP contribution in [0.5, 0.6) is 0 Å². The Bertz CT molecular complexity index is 634. The number of urea groups is 1. The molecule has 2 unspecified atom stereocenters. The fourth-order valence-electron chi connectivity index (χ4n) is 3.47. The molecule has 12 heteroatoms. The average Bonchev–Trinajstić information content (AvgIpc) is 3.13. The lowest BCUT2D eigenvalue weighted by molar-refractivity contribution is -0.143. The molecule has 3 N–H and O–H groups in total. The molecule has 0 aromatic heterocycles. The van der Waals surface area contributed by atoms with Gasteiger partial charge in [-0.2, -0.15) is 13.2 Å². The summed E-state index contributed by atoms with van der Waals surface area (Å²) in [5, 5.41) is 8.96. The molecule has 2 rings (SSSR count). The molecule has 0 aliphatic carbocycles. The van der Waals surface area contributed by atoms with Crippen LogP contribution in [0, 0.1) is 0 Å². The van der Waals surface area contributed by atoms with Gasteiger partial charge in [-0.15, -0.1) is 24.0 Å². The largest absolute Gasteiger partial charge is 0.401 e. The van der Waals surface area contributed by atoms with Gasteiger partial charge in [0.2, 0.25) is 0 Å². The number of amides is 3. The predicted octanol–water partition coefficient (Wildman–Crippen LogP) is 1.91. The number of carbonyl (C=O) groups is 2. The minimum absolute atomic E-state index is 0. The number of hydrogen-bond donors (Lipinski definition) is 3. The highest BCUT2D eigenvalue weighted by Crippen LogP contribution is 2.21. The Balaban J connectivity index is 0.00000450. The van der Waals surface area contributed by atoms with Crippen molar-refractivity contribution >= 4 is 41.9 Å². The van der Waals surface area contributed by atoms with Gasteiger partial charge in [0.05, 0.1) is 6.54 Å². The van der Waals surface area contributed by atoms with Crippen LogP contribution in [0.25, 0.3) is 0 Å². The van der Waals surface area contributed by atoms with Gasteiger partial charge < -0.3 is 16.0 Å². The molecular formula is C18H32F3IN6O2. The number of halogens is 4. The van der Waals surface area contributed by atoms with Crippen LogP contribution in [-0.4, -0.2) is 84.7 Å². The van der Waals surface area contributed by atoms with Crippen molar-refractivity contribution in [3.05, 3.63) is 0 Å². The molecule has 0 aromatic carbocycles. The highest BCUT2D eigenvalue weighted by molar-refractivity contribution is 14.0. The van der Waals surface area contributed by atoms with Gasteiger partial charge in [-0.05, 0) is 33.1 Å². The van der Waals surface area contributed by atoms with E-state index in [9.17, 15) is 22.8 Å². The fraction of sp³-hybridized carbons (Fsp3) is 0.833. The third kappa shape index (κ3) is 7.43. The summed E-state index contributed by atoms with van der Waals surface area (Å²) in [6.07, 6.45) is -2.56. The Labute approximate surface area is 192 Å². The van der Waals surface area contributed by atoms with Crippen molar-refractivity contribution in [3.63, 3.8) is 0 Å². The second kappa shape index (κ2) is 11.3. The van der Waals surface area contributed by atoms with Crippen LogP contribution >= 0.6 is 24.0 Å². The lowest BCUT2D eigenvalue weighted by Gasteiger charge is -2.20. The molecule has 0 aromatic rings. The summed E-state index contributed by atoms with van der Waals surface area (Å²) in [4.78, 5) is 31.4. The molecule has 2 aliphatic heterocycles. The molecule has 2 saturated heterocycles. The van der Waals surface area contributed by atoms with Gasteiger partial charge in [0.1, 0.15) is 5.54 Å². The summed E-state index contributed by atoms with van der Waals surface area (Å²) >= 11 is 0. The Morgan fingerprint density at radius 2 is 2.03 bits per heavy atom. The summed E-state index contributed by atoms with van der Waals surface area (Å²) in [5.74, 6) is 0.302. The van der Waals surface area contributed by atoms with Crippen molar-refractivity contribution in [2.45, 2.75) is 57.8 Å². The number of guanidine groups is 1. The second-order valence-electron chi connectivity index (χ2n) is 7.67. The van der Waals surface area contributed by atoms with Gasteiger partial charge >= 0.3 is 12.2 Å². The third-order valence-corrected chi connectivity index (χ3v) is 5.22. The molecule has 30 heavy (non-hydrogen) atoms. The summed E-state index contributed by atoms with van der Waals surface area (Å²) < 4.78 is 37.6. The number of aliphatic imine (C=N–C) groups is 1. The van der Waals surface area contributed by atoms with Crippen LogP contribution in [0.2, 0.25) is 0 Å². The molecule has 0 radical (unpaired) electrons. The normalized spacial score (nSPS) is 25.3. The lowest BCUT2D eigenvalue weighted by atomic mass is 9.99. The van der Waals surface area contributed by atoms with E-state index in [0.29, 0.717) is 51.4 Å². The van der Waals surface area contributed by atoms with E-state index in [2.05, 4.69) is 20.9 Å². The average molecular weight is 548 g/mol. The van der Waals surface area contributed by atoms with E-state index >= 15 is 0 Å². The molecule has 2 fully saturated rings. The quantitative estimate of drug-likeness (QED) is 0.142. The van der Waals surface area contributed by atoms with E-state index in [1.807, 2.05) is 13.8 Å². The first kappa shape index (κ1) is 26.7. The summed E-state index contributed by atoms with van der Waals surface area (Å²) in [6, 6.07) is -0.490. The monoisotopic (exact) mass is 548 g/mol. The first-order chi connectivity index (χ1) is 13.6. The maximum absolute atomic E-state index is 12.5. The molecule has 8 nitrogen and oxygen atoms in total. The Morgan fingerprint density at radius 1 is 1.33 bits per heavy atom.